The predicted octanol–water partition coefficient (Wildman–Crippen LogP) is 2.69. The average molecular weight is 354 g/mol. The zero-order chi connectivity index (χ0) is 19.3. The monoisotopic (exact) mass is 354 g/mol. The number of nitrogens with one attached hydrogen (secondary N) is 2. The molecule has 0 saturated heterocycles. The third-order valence-electron chi connectivity index (χ3n) is 3.79. The minimum atomic E-state index is -0.913. The molecule has 0 radical (unpaired) electrons. The number of carbonyl (C=O) groups excluding carboxylic acids is 2. The Morgan fingerprint density at radius 2 is 1.65 bits per heavy atom. The number of nitrogens with zero attached hydrogens (tertiary/aromatic N) is 2. The molecule has 134 valence electrons. The number of hydrogen-bond donors (Lipinski definition) is 2. The quantitative estimate of drug-likeness (QED) is 0.380. The summed E-state index contributed by atoms with van der Waals surface area (Å²) in [5.41, 5.74) is 5.71. The van der Waals surface area contributed by atoms with Crippen molar-refractivity contribution in [1.82, 2.24) is 5.43 Å². The molecule has 2 rings (SSSR count). The van der Waals surface area contributed by atoms with Crippen LogP contribution in [0.15, 0.2) is 47.6 Å². The lowest BCUT2D eigenvalue weighted by atomic mass is 10.1. The van der Waals surface area contributed by atoms with E-state index in [9.17, 15) is 19.7 Å². The number of nitro groups is 1. The molecule has 2 aromatic rings. The molecule has 0 fully saturated rings. The summed E-state index contributed by atoms with van der Waals surface area (Å²) in [4.78, 5) is 33.9. The van der Waals surface area contributed by atoms with Gasteiger partial charge in [0.05, 0.1) is 10.6 Å². The van der Waals surface area contributed by atoms with E-state index in [1.165, 1.54) is 24.3 Å². The molecule has 2 aromatic carbocycles. The summed E-state index contributed by atoms with van der Waals surface area (Å²) in [5, 5.41) is 17.0. The number of hydrazone groups is 1. The van der Waals surface area contributed by atoms with Gasteiger partial charge in [-0.25, -0.2) is 5.43 Å². The van der Waals surface area contributed by atoms with Crippen LogP contribution in [-0.4, -0.2) is 22.4 Å². The van der Waals surface area contributed by atoms with Crippen LogP contribution < -0.4 is 10.7 Å². The summed E-state index contributed by atoms with van der Waals surface area (Å²) >= 11 is 0. The molecule has 0 heterocycles. The molecule has 0 aromatic heterocycles. The van der Waals surface area contributed by atoms with Gasteiger partial charge in [0.15, 0.2) is 0 Å². The number of aryl methyl sites for hydroxylation is 2. The smallest absolute Gasteiger partial charge is 0.318 e. The predicted molar refractivity (Wildman–Crippen MR) is 98.0 cm³/mol. The van der Waals surface area contributed by atoms with Crippen molar-refractivity contribution in [3.8, 4) is 0 Å². The fourth-order valence-corrected chi connectivity index (χ4v) is 2.08. The minimum absolute atomic E-state index is 0.0432. The first-order chi connectivity index (χ1) is 12.3. The Hall–Kier alpha value is -3.55. The second kappa shape index (κ2) is 8.02. The van der Waals surface area contributed by atoms with Crippen molar-refractivity contribution in [2.24, 2.45) is 5.10 Å². The number of nitro benzene ring substituents is 1. The van der Waals surface area contributed by atoms with E-state index < -0.39 is 16.7 Å². The van der Waals surface area contributed by atoms with Crippen LogP contribution in [0, 0.1) is 24.0 Å². The van der Waals surface area contributed by atoms with Crippen LogP contribution in [0.1, 0.15) is 23.6 Å². The standard InChI is InChI=1S/C18H18N4O4/c1-11-4-7-15(10-12(11)2)19-17(23)18(24)21-20-13(3)14-5-8-16(9-6-14)22(25)26/h4-10H,1-3H3,(H,19,23)(H,21,24)/b20-13+. The Balaban J connectivity index is 1.99. The minimum Gasteiger partial charge on any atom is -0.318 e. The first kappa shape index (κ1) is 18.8. The van der Waals surface area contributed by atoms with Crippen molar-refractivity contribution in [2.45, 2.75) is 20.8 Å². The number of non-ortho nitro benzene ring substituents is 1. The van der Waals surface area contributed by atoms with Crippen molar-refractivity contribution in [3.63, 3.8) is 0 Å². The van der Waals surface area contributed by atoms with Crippen LogP contribution in [0.25, 0.3) is 0 Å². The Morgan fingerprint density at radius 3 is 2.23 bits per heavy atom. The van der Waals surface area contributed by atoms with E-state index in [2.05, 4.69) is 15.8 Å². The van der Waals surface area contributed by atoms with Gasteiger partial charge in [-0.1, -0.05) is 6.07 Å². The van der Waals surface area contributed by atoms with Gasteiger partial charge in [-0.15, -0.1) is 0 Å². The van der Waals surface area contributed by atoms with Crippen LogP contribution in [-0.2, 0) is 9.59 Å². The zero-order valence-corrected chi connectivity index (χ0v) is 14.6. The highest BCUT2D eigenvalue weighted by Gasteiger charge is 2.14. The van der Waals surface area contributed by atoms with Gasteiger partial charge in [-0.3, -0.25) is 19.7 Å². The molecule has 0 aliphatic heterocycles. The highest BCUT2D eigenvalue weighted by Crippen LogP contribution is 2.14. The molecule has 8 nitrogen and oxygen atoms in total. The molecule has 26 heavy (non-hydrogen) atoms. The second-order valence-electron chi connectivity index (χ2n) is 5.70. The van der Waals surface area contributed by atoms with E-state index in [1.54, 1.807) is 19.1 Å². The van der Waals surface area contributed by atoms with Gasteiger partial charge < -0.3 is 5.32 Å². The molecular weight excluding hydrogens is 336 g/mol. The van der Waals surface area contributed by atoms with Crippen LogP contribution in [0.3, 0.4) is 0 Å². The van der Waals surface area contributed by atoms with E-state index in [-0.39, 0.29) is 5.69 Å². The van der Waals surface area contributed by atoms with E-state index >= 15 is 0 Å². The lowest BCUT2D eigenvalue weighted by molar-refractivity contribution is -0.384. The maximum atomic E-state index is 11.9. The number of hydrogen-bond acceptors (Lipinski definition) is 5. The normalized spacial score (nSPS) is 11.0. The van der Waals surface area contributed by atoms with Crippen molar-refractivity contribution < 1.29 is 14.5 Å². The molecule has 0 spiro atoms. The number of amides is 2. The topological polar surface area (TPSA) is 114 Å². The Morgan fingerprint density at radius 1 is 1.00 bits per heavy atom. The number of benzene rings is 2. The van der Waals surface area contributed by atoms with E-state index in [1.807, 2.05) is 19.9 Å². The average Bonchev–Trinajstić information content (AvgIpc) is 2.62. The van der Waals surface area contributed by atoms with Gasteiger partial charge in [0, 0.05) is 17.8 Å². The Bertz CT molecular complexity index is 889. The van der Waals surface area contributed by atoms with Crippen LogP contribution in [0.4, 0.5) is 11.4 Å². The molecule has 0 atom stereocenters. The third kappa shape index (κ3) is 4.73. The third-order valence-corrected chi connectivity index (χ3v) is 3.79. The second-order valence-corrected chi connectivity index (χ2v) is 5.70. The van der Waals surface area contributed by atoms with Gasteiger partial charge >= 0.3 is 11.8 Å². The summed E-state index contributed by atoms with van der Waals surface area (Å²) in [5.74, 6) is -1.75. The number of anilines is 1. The van der Waals surface area contributed by atoms with Crippen molar-refractivity contribution in [2.75, 3.05) is 5.32 Å². The van der Waals surface area contributed by atoms with Gasteiger partial charge in [0.1, 0.15) is 0 Å². The fraction of sp³-hybridized carbons (Fsp3) is 0.167. The maximum absolute atomic E-state index is 11.9. The SMILES string of the molecule is C/C(=N\NC(=O)C(=O)Nc1ccc(C)c(C)c1)c1ccc([N+](=O)[O-])cc1. The summed E-state index contributed by atoms with van der Waals surface area (Å²) in [6.45, 7) is 5.47. The Labute approximate surface area is 150 Å². The van der Waals surface area contributed by atoms with Crippen LogP contribution in [0.2, 0.25) is 0 Å². The maximum Gasteiger partial charge on any atom is 0.329 e. The zero-order valence-electron chi connectivity index (χ0n) is 14.6. The van der Waals surface area contributed by atoms with E-state index in [0.717, 1.165) is 11.1 Å². The fourth-order valence-electron chi connectivity index (χ4n) is 2.08. The molecule has 0 unspecified atom stereocenters. The molecule has 2 amide bonds. The molecule has 2 N–H and O–H groups in total. The first-order valence-corrected chi connectivity index (χ1v) is 7.75. The molecular formula is C18H18N4O4. The van der Waals surface area contributed by atoms with Gasteiger partial charge in [0.25, 0.3) is 5.69 Å². The molecule has 0 saturated carbocycles. The van der Waals surface area contributed by atoms with E-state index in [0.29, 0.717) is 17.0 Å². The lowest BCUT2D eigenvalue weighted by Crippen LogP contribution is -2.33. The number of carbonyl (C=O) groups is 2. The largest absolute Gasteiger partial charge is 0.329 e. The summed E-state index contributed by atoms with van der Waals surface area (Å²) in [6.07, 6.45) is 0. The molecule has 8 heteroatoms. The van der Waals surface area contributed by atoms with Crippen molar-refractivity contribution in [3.05, 3.63) is 69.3 Å². The Kier molecular flexibility index (Phi) is 5.79. The summed E-state index contributed by atoms with van der Waals surface area (Å²) in [6, 6.07) is 11.0. The highest BCUT2D eigenvalue weighted by atomic mass is 16.6. The summed E-state index contributed by atoms with van der Waals surface area (Å²) < 4.78 is 0. The summed E-state index contributed by atoms with van der Waals surface area (Å²) in [7, 11) is 0. The van der Waals surface area contributed by atoms with Crippen molar-refractivity contribution >= 4 is 28.9 Å². The van der Waals surface area contributed by atoms with Crippen LogP contribution in [0.5, 0.6) is 0 Å². The van der Waals surface area contributed by atoms with Crippen molar-refractivity contribution in [1.29, 1.82) is 0 Å². The van der Waals surface area contributed by atoms with E-state index in [4.69, 9.17) is 0 Å². The number of rotatable bonds is 4. The van der Waals surface area contributed by atoms with Crippen LogP contribution >= 0.6 is 0 Å². The van der Waals surface area contributed by atoms with Gasteiger partial charge in [0.2, 0.25) is 0 Å². The van der Waals surface area contributed by atoms with Gasteiger partial charge in [-0.2, -0.15) is 5.10 Å². The lowest BCUT2D eigenvalue weighted by Gasteiger charge is -2.07. The van der Waals surface area contributed by atoms with Gasteiger partial charge in [-0.05, 0) is 61.7 Å². The first-order valence-electron chi connectivity index (χ1n) is 7.75. The molecule has 0 aliphatic carbocycles. The molecule has 0 bridgehead atoms. The molecule has 0 aliphatic rings. The highest BCUT2D eigenvalue weighted by molar-refractivity contribution is 6.39.